The zero-order chi connectivity index (χ0) is 24.9. The highest BCUT2D eigenvalue weighted by atomic mass is 16.6. The molecule has 3 aromatic rings. The summed E-state index contributed by atoms with van der Waals surface area (Å²) in [6.07, 6.45) is 0.509. The van der Waals surface area contributed by atoms with Crippen LogP contribution in [0.5, 0.6) is 0 Å². The standard InChI is InChI=1S/C30H32N2O4/c1-31(2)28-14-8-7-13-27(28)30(34)15-20-17-35-18-21(16-30)32(20)29(33)36-19-26-24-11-5-3-9-22(24)23-10-4-6-12-25(23)26/h3-14,20-21,26,34H,15-19H2,1-2H3. The highest BCUT2D eigenvalue weighted by molar-refractivity contribution is 5.79. The first-order valence-corrected chi connectivity index (χ1v) is 12.7. The van der Waals surface area contributed by atoms with Crippen LogP contribution >= 0.6 is 0 Å². The SMILES string of the molecule is CN(C)c1ccccc1C1(O)CC2COCC(C1)N2C(=O)OCC1c2ccccc2-c2ccccc21. The Morgan fingerprint density at radius 2 is 1.50 bits per heavy atom. The second-order valence-corrected chi connectivity index (χ2v) is 10.4. The average molecular weight is 485 g/mol. The second kappa shape index (κ2) is 8.95. The number of hydrogen-bond acceptors (Lipinski definition) is 5. The van der Waals surface area contributed by atoms with Crippen molar-refractivity contribution < 1.29 is 19.4 Å². The molecule has 3 aliphatic rings. The van der Waals surface area contributed by atoms with Crippen molar-refractivity contribution in [3.63, 3.8) is 0 Å². The Labute approximate surface area is 212 Å². The Morgan fingerprint density at radius 3 is 2.11 bits per heavy atom. The third kappa shape index (κ3) is 3.76. The number of para-hydroxylation sites is 1. The highest BCUT2D eigenvalue weighted by Gasteiger charge is 2.50. The van der Waals surface area contributed by atoms with Gasteiger partial charge in [0.25, 0.3) is 0 Å². The van der Waals surface area contributed by atoms with Gasteiger partial charge in [0.2, 0.25) is 0 Å². The van der Waals surface area contributed by atoms with Gasteiger partial charge in [-0.05, 0) is 28.3 Å². The first-order valence-electron chi connectivity index (χ1n) is 12.7. The lowest BCUT2D eigenvalue weighted by molar-refractivity contribution is -0.136. The van der Waals surface area contributed by atoms with Crippen molar-refractivity contribution in [3.8, 4) is 11.1 Å². The molecule has 2 heterocycles. The van der Waals surface area contributed by atoms with Crippen LogP contribution in [0.2, 0.25) is 0 Å². The molecule has 2 aliphatic heterocycles. The van der Waals surface area contributed by atoms with Crippen LogP contribution in [0.1, 0.15) is 35.4 Å². The van der Waals surface area contributed by atoms with Crippen LogP contribution in [-0.2, 0) is 15.1 Å². The number of hydrogen-bond donors (Lipinski definition) is 1. The van der Waals surface area contributed by atoms with Crippen molar-refractivity contribution in [1.29, 1.82) is 0 Å². The van der Waals surface area contributed by atoms with Gasteiger partial charge in [0.1, 0.15) is 6.61 Å². The molecule has 2 saturated heterocycles. The van der Waals surface area contributed by atoms with Crippen LogP contribution in [0.4, 0.5) is 10.5 Å². The predicted octanol–water partition coefficient (Wildman–Crippen LogP) is 4.75. The quantitative estimate of drug-likeness (QED) is 0.579. The summed E-state index contributed by atoms with van der Waals surface area (Å²) in [5.74, 6) is 0.0196. The molecular formula is C30H32N2O4. The van der Waals surface area contributed by atoms with Crippen molar-refractivity contribution in [3.05, 3.63) is 89.5 Å². The molecule has 6 rings (SSSR count). The van der Waals surface area contributed by atoms with Crippen LogP contribution in [0.3, 0.4) is 0 Å². The van der Waals surface area contributed by atoms with Gasteiger partial charge < -0.3 is 19.5 Å². The number of rotatable bonds is 4. The highest BCUT2D eigenvalue weighted by Crippen LogP contribution is 2.46. The summed E-state index contributed by atoms with van der Waals surface area (Å²) in [4.78, 5) is 17.3. The van der Waals surface area contributed by atoms with Crippen LogP contribution in [0.25, 0.3) is 11.1 Å². The van der Waals surface area contributed by atoms with Crippen molar-refractivity contribution in [2.45, 2.75) is 36.4 Å². The number of fused-ring (bicyclic) bond motifs is 5. The van der Waals surface area contributed by atoms with Gasteiger partial charge in [-0.25, -0.2) is 4.79 Å². The topological polar surface area (TPSA) is 62.2 Å². The fraction of sp³-hybridized carbons (Fsp3) is 0.367. The van der Waals surface area contributed by atoms with Gasteiger partial charge in [0.15, 0.2) is 0 Å². The minimum absolute atomic E-state index is 0.0196. The maximum absolute atomic E-state index is 13.5. The summed E-state index contributed by atoms with van der Waals surface area (Å²) in [7, 11) is 3.97. The third-order valence-electron chi connectivity index (χ3n) is 7.99. The Balaban J connectivity index is 1.22. The van der Waals surface area contributed by atoms with Gasteiger partial charge in [-0.1, -0.05) is 66.7 Å². The molecule has 0 spiro atoms. The van der Waals surface area contributed by atoms with E-state index in [1.165, 1.54) is 22.3 Å². The average Bonchev–Trinajstić information content (AvgIpc) is 3.20. The van der Waals surface area contributed by atoms with Crippen LogP contribution in [0, 0.1) is 0 Å². The summed E-state index contributed by atoms with van der Waals surface area (Å²) in [5, 5.41) is 11.8. The molecule has 6 heteroatoms. The maximum atomic E-state index is 13.5. The Bertz CT molecular complexity index is 1230. The molecule has 2 atom stereocenters. The van der Waals surface area contributed by atoms with Crippen molar-refractivity contribution in [2.75, 3.05) is 38.8 Å². The molecule has 1 N–H and O–H groups in total. The number of piperidine rings is 1. The Morgan fingerprint density at radius 1 is 0.944 bits per heavy atom. The van der Waals surface area contributed by atoms with Gasteiger partial charge in [-0.2, -0.15) is 0 Å². The molecule has 3 aromatic carbocycles. The van der Waals surface area contributed by atoms with Gasteiger partial charge in [0.05, 0.1) is 30.9 Å². The number of aliphatic hydroxyl groups is 1. The molecule has 1 aliphatic carbocycles. The van der Waals surface area contributed by atoms with E-state index in [0.29, 0.717) is 26.1 Å². The molecule has 186 valence electrons. The summed E-state index contributed by atoms with van der Waals surface area (Å²) in [6.45, 7) is 1.08. The molecule has 36 heavy (non-hydrogen) atoms. The van der Waals surface area contributed by atoms with Crippen LogP contribution < -0.4 is 4.90 Å². The molecule has 0 radical (unpaired) electrons. The summed E-state index contributed by atoms with van der Waals surface area (Å²) >= 11 is 0. The van der Waals surface area contributed by atoms with Gasteiger partial charge in [-0.15, -0.1) is 0 Å². The lowest BCUT2D eigenvalue weighted by atomic mass is 9.76. The van der Waals surface area contributed by atoms with Crippen LogP contribution in [0.15, 0.2) is 72.8 Å². The first-order chi connectivity index (χ1) is 17.5. The van der Waals surface area contributed by atoms with Crippen molar-refractivity contribution in [2.24, 2.45) is 0 Å². The molecule has 0 aromatic heterocycles. The van der Waals surface area contributed by atoms with Crippen molar-refractivity contribution >= 4 is 11.8 Å². The third-order valence-corrected chi connectivity index (χ3v) is 7.99. The van der Waals surface area contributed by atoms with E-state index in [4.69, 9.17) is 9.47 Å². The normalized spacial score (nSPS) is 24.7. The van der Waals surface area contributed by atoms with Gasteiger partial charge in [-0.3, -0.25) is 4.90 Å². The first kappa shape index (κ1) is 23.1. The zero-order valence-corrected chi connectivity index (χ0v) is 20.8. The predicted molar refractivity (Wildman–Crippen MR) is 139 cm³/mol. The maximum Gasteiger partial charge on any atom is 0.410 e. The number of carbonyl (C=O) groups excluding carboxylic acids is 1. The van der Waals surface area contributed by atoms with Crippen LogP contribution in [-0.4, -0.2) is 62.1 Å². The second-order valence-electron chi connectivity index (χ2n) is 10.4. The van der Waals surface area contributed by atoms with E-state index in [9.17, 15) is 9.90 Å². The van der Waals surface area contributed by atoms with E-state index in [1.54, 1.807) is 0 Å². The summed E-state index contributed by atoms with van der Waals surface area (Å²) in [5.41, 5.74) is 5.68. The van der Waals surface area contributed by atoms with E-state index in [2.05, 4.69) is 36.4 Å². The van der Waals surface area contributed by atoms with Gasteiger partial charge >= 0.3 is 6.09 Å². The fourth-order valence-electron chi connectivity index (χ4n) is 6.42. The fourth-order valence-corrected chi connectivity index (χ4v) is 6.42. The van der Waals surface area contributed by atoms with E-state index in [0.717, 1.165) is 11.3 Å². The molecule has 6 nitrogen and oxygen atoms in total. The molecule has 0 saturated carbocycles. The smallest absolute Gasteiger partial charge is 0.410 e. The number of amides is 1. The van der Waals surface area contributed by atoms with E-state index < -0.39 is 5.60 Å². The lowest BCUT2D eigenvalue weighted by Gasteiger charge is -2.51. The minimum atomic E-state index is -1.03. The number of nitrogens with zero attached hydrogens (tertiary/aromatic N) is 2. The molecule has 1 amide bonds. The minimum Gasteiger partial charge on any atom is -0.448 e. The largest absolute Gasteiger partial charge is 0.448 e. The van der Waals surface area contributed by atoms with Crippen molar-refractivity contribution in [1.82, 2.24) is 4.90 Å². The number of ether oxygens (including phenoxy) is 2. The number of benzene rings is 3. The molecular weight excluding hydrogens is 452 g/mol. The number of carbonyl (C=O) groups is 1. The lowest BCUT2D eigenvalue weighted by Crippen LogP contribution is -2.62. The van der Waals surface area contributed by atoms with E-state index in [1.807, 2.05) is 60.3 Å². The molecule has 2 unspecified atom stereocenters. The molecule has 2 bridgehead atoms. The summed E-state index contributed by atoms with van der Waals surface area (Å²) in [6, 6.07) is 24.2. The van der Waals surface area contributed by atoms with Gasteiger partial charge in [0, 0.05) is 44.1 Å². The number of anilines is 1. The van der Waals surface area contributed by atoms with E-state index in [-0.39, 0.29) is 30.7 Å². The zero-order valence-electron chi connectivity index (χ0n) is 20.8. The Hall–Kier alpha value is -3.35. The molecule has 2 fully saturated rings. The monoisotopic (exact) mass is 484 g/mol. The summed E-state index contributed by atoms with van der Waals surface area (Å²) < 4.78 is 11.8. The number of morpholine rings is 1. The Kier molecular flexibility index (Phi) is 5.73. The van der Waals surface area contributed by atoms with E-state index >= 15 is 0 Å².